The summed E-state index contributed by atoms with van der Waals surface area (Å²) in [7, 11) is 2.15. The highest BCUT2D eigenvalue weighted by atomic mass is 15.2. The zero-order valence-electron chi connectivity index (χ0n) is 14.7. The molecule has 0 fully saturated rings. The van der Waals surface area contributed by atoms with Crippen LogP contribution in [0.3, 0.4) is 0 Å². The van der Waals surface area contributed by atoms with Gasteiger partial charge in [-0.25, -0.2) is 0 Å². The number of allylic oxidation sites excluding steroid dienone is 4. The second kappa shape index (κ2) is 5.20. The molecular formula is C22H22N2. The first-order chi connectivity index (χ1) is 11.5. The molecule has 2 aliphatic heterocycles. The number of rotatable bonds is 1. The normalized spacial score (nSPS) is 21.2. The summed E-state index contributed by atoms with van der Waals surface area (Å²) in [6.07, 6.45) is 4.49. The number of aliphatic imine (C=N–C) groups is 1. The monoisotopic (exact) mass is 314 g/mol. The summed E-state index contributed by atoms with van der Waals surface area (Å²) in [6.45, 7) is 6.68. The summed E-state index contributed by atoms with van der Waals surface area (Å²) in [6, 6.07) is 17.0. The molecule has 0 saturated carbocycles. The number of likely N-dealkylation sites (N-methyl/N-ethyl adjacent to an activating group) is 1. The van der Waals surface area contributed by atoms with Gasteiger partial charge in [-0.05, 0) is 30.7 Å². The van der Waals surface area contributed by atoms with Crippen molar-refractivity contribution in [2.45, 2.75) is 26.2 Å². The van der Waals surface area contributed by atoms with Crippen LogP contribution in [-0.4, -0.2) is 12.8 Å². The van der Waals surface area contributed by atoms with Gasteiger partial charge in [0.05, 0.1) is 5.69 Å². The van der Waals surface area contributed by atoms with Gasteiger partial charge in [0.15, 0.2) is 0 Å². The number of fused-ring (bicyclic) bond motifs is 2. The summed E-state index contributed by atoms with van der Waals surface area (Å²) in [5, 5.41) is 0. The molecule has 0 N–H and O–H groups in total. The smallest absolute Gasteiger partial charge is 0.0712 e. The Balaban J connectivity index is 1.80. The molecular weight excluding hydrogens is 292 g/mol. The van der Waals surface area contributed by atoms with Gasteiger partial charge in [0.1, 0.15) is 0 Å². The van der Waals surface area contributed by atoms with Crippen LogP contribution in [0, 0.1) is 0 Å². The van der Waals surface area contributed by atoms with Crippen LogP contribution in [0.1, 0.15) is 31.9 Å². The Kier molecular flexibility index (Phi) is 3.24. The number of para-hydroxylation sites is 2. The van der Waals surface area contributed by atoms with Gasteiger partial charge in [0.2, 0.25) is 0 Å². The fourth-order valence-corrected chi connectivity index (χ4v) is 3.91. The van der Waals surface area contributed by atoms with E-state index in [0.717, 1.165) is 11.4 Å². The minimum atomic E-state index is 0.00553. The van der Waals surface area contributed by atoms with E-state index in [1.165, 1.54) is 28.1 Å². The Morgan fingerprint density at radius 1 is 0.958 bits per heavy atom. The minimum absolute atomic E-state index is 0.00553. The average Bonchev–Trinajstić information content (AvgIpc) is 2.99. The van der Waals surface area contributed by atoms with Crippen LogP contribution in [0.5, 0.6) is 0 Å². The van der Waals surface area contributed by atoms with Crippen LogP contribution in [0.15, 0.2) is 71.4 Å². The molecule has 0 unspecified atom stereocenters. The van der Waals surface area contributed by atoms with Crippen molar-refractivity contribution < 1.29 is 0 Å². The van der Waals surface area contributed by atoms with Crippen LogP contribution >= 0.6 is 0 Å². The number of anilines is 1. The van der Waals surface area contributed by atoms with Crippen LogP contribution in [0.25, 0.3) is 5.57 Å². The molecule has 2 heteroatoms. The summed E-state index contributed by atoms with van der Waals surface area (Å²) < 4.78 is 0. The summed E-state index contributed by atoms with van der Waals surface area (Å²) in [4.78, 5) is 6.98. The van der Waals surface area contributed by atoms with Crippen molar-refractivity contribution in [2.24, 2.45) is 4.99 Å². The lowest BCUT2D eigenvalue weighted by Crippen LogP contribution is -2.22. The number of hydrogen-bond acceptors (Lipinski definition) is 2. The standard InChI is InChI=1S/C22H22N2/c1-15-16(17-9-5-7-11-19(17)23-15)13-14-21-22(2,3)18-10-6-8-12-20(18)24(21)4/h5-14H,1-4H3. The zero-order valence-corrected chi connectivity index (χ0v) is 14.7. The second-order valence-electron chi connectivity index (χ2n) is 7.05. The third-order valence-corrected chi connectivity index (χ3v) is 5.22. The van der Waals surface area contributed by atoms with Crippen molar-refractivity contribution in [3.63, 3.8) is 0 Å². The number of benzene rings is 2. The Hall–Kier alpha value is -2.61. The van der Waals surface area contributed by atoms with Crippen molar-refractivity contribution in [1.82, 2.24) is 0 Å². The van der Waals surface area contributed by atoms with E-state index >= 15 is 0 Å². The predicted octanol–water partition coefficient (Wildman–Crippen LogP) is 5.49. The van der Waals surface area contributed by atoms with Gasteiger partial charge in [0, 0.05) is 40.7 Å². The lowest BCUT2D eigenvalue weighted by atomic mass is 9.83. The fourth-order valence-electron chi connectivity index (χ4n) is 3.91. The highest BCUT2D eigenvalue weighted by Crippen LogP contribution is 2.46. The first-order valence-electron chi connectivity index (χ1n) is 8.41. The maximum Gasteiger partial charge on any atom is 0.0712 e. The molecule has 2 heterocycles. The van der Waals surface area contributed by atoms with Crippen LogP contribution in [0.2, 0.25) is 0 Å². The van der Waals surface area contributed by atoms with Crippen molar-refractivity contribution in [3.8, 4) is 0 Å². The first-order valence-corrected chi connectivity index (χ1v) is 8.41. The van der Waals surface area contributed by atoms with Crippen molar-refractivity contribution in [1.29, 1.82) is 0 Å². The molecule has 24 heavy (non-hydrogen) atoms. The van der Waals surface area contributed by atoms with Gasteiger partial charge >= 0.3 is 0 Å². The Morgan fingerprint density at radius 2 is 1.67 bits per heavy atom. The Labute approximate surface area is 143 Å². The summed E-state index contributed by atoms with van der Waals surface area (Å²) in [5.41, 5.74) is 8.60. The van der Waals surface area contributed by atoms with Crippen LogP contribution < -0.4 is 4.90 Å². The van der Waals surface area contributed by atoms with Crippen molar-refractivity contribution >= 4 is 22.7 Å². The molecule has 0 amide bonds. The first kappa shape index (κ1) is 14.9. The molecule has 2 nitrogen and oxygen atoms in total. The van der Waals surface area contributed by atoms with E-state index in [-0.39, 0.29) is 5.41 Å². The maximum absolute atomic E-state index is 4.68. The van der Waals surface area contributed by atoms with E-state index in [2.05, 4.69) is 92.3 Å². The van der Waals surface area contributed by atoms with Gasteiger partial charge in [-0.2, -0.15) is 0 Å². The van der Waals surface area contributed by atoms with E-state index in [1.807, 2.05) is 6.07 Å². The van der Waals surface area contributed by atoms with Gasteiger partial charge < -0.3 is 4.90 Å². The van der Waals surface area contributed by atoms with Crippen LogP contribution in [-0.2, 0) is 5.41 Å². The minimum Gasteiger partial charge on any atom is -0.347 e. The van der Waals surface area contributed by atoms with Crippen molar-refractivity contribution in [3.05, 3.63) is 77.5 Å². The second-order valence-corrected chi connectivity index (χ2v) is 7.05. The van der Waals surface area contributed by atoms with E-state index < -0.39 is 0 Å². The molecule has 0 radical (unpaired) electrons. The molecule has 0 aromatic heterocycles. The predicted molar refractivity (Wildman–Crippen MR) is 103 cm³/mol. The Bertz CT molecular complexity index is 913. The lowest BCUT2D eigenvalue weighted by Gasteiger charge is -2.23. The maximum atomic E-state index is 4.68. The molecule has 0 spiro atoms. The largest absolute Gasteiger partial charge is 0.347 e. The van der Waals surface area contributed by atoms with Gasteiger partial charge in [0.25, 0.3) is 0 Å². The number of hydrogen-bond donors (Lipinski definition) is 0. The zero-order chi connectivity index (χ0) is 16.9. The highest BCUT2D eigenvalue weighted by molar-refractivity contribution is 6.28. The third-order valence-electron chi connectivity index (χ3n) is 5.22. The molecule has 0 aliphatic carbocycles. The molecule has 2 aromatic rings. The SMILES string of the molecule is CC1=Nc2ccccc2C1=CC=C1N(C)c2ccccc2C1(C)C. The molecule has 0 bridgehead atoms. The molecule has 0 atom stereocenters. The number of nitrogens with zero attached hydrogens (tertiary/aromatic N) is 2. The van der Waals surface area contributed by atoms with E-state index in [9.17, 15) is 0 Å². The lowest BCUT2D eigenvalue weighted by molar-refractivity contribution is 0.640. The van der Waals surface area contributed by atoms with E-state index in [4.69, 9.17) is 0 Å². The molecule has 2 aliphatic rings. The average molecular weight is 314 g/mol. The summed E-state index contributed by atoms with van der Waals surface area (Å²) >= 11 is 0. The fraction of sp³-hybridized carbons (Fsp3) is 0.227. The third kappa shape index (κ3) is 2.06. The summed E-state index contributed by atoms with van der Waals surface area (Å²) in [5.74, 6) is 0. The van der Waals surface area contributed by atoms with E-state index in [1.54, 1.807) is 0 Å². The quantitative estimate of drug-likeness (QED) is 0.680. The molecule has 2 aromatic carbocycles. The molecule has 4 rings (SSSR count). The molecule has 120 valence electrons. The van der Waals surface area contributed by atoms with Gasteiger partial charge in [-0.3, -0.25) is 4.99 Å². The topological polar surface area (TPSA) is 15.6 Å². The highest BCUT2D eigenvalue weighted by Gasteiger charge is 2.37. The Morgan fingerprint density at radius 3 is 2.46 bits per heavy atom. The molecule has 0 saturated heterocycles. The van der Waals surface area contributed by atoms with Gasteiger partial charge in [-0.1, -0.05) is 56.3 Å². The van der Waals surface area contributed by atoms with Crippen molar-refractivity contribution in [2.75, 3.05) is 11.9 Å². The van der Waals surface area contributed by atoms with Gasteiger partial charge in [-0.15, -0.1) is 0 Å². The van der Waals surface area contributed by atoms with E-state index in [0.29, 0.717) is 0 Å². The van der Waals surface area contributed by atoms with Crippen LogP contribution in [0.4, 0.5) is 11.4 Å².